The maximum atomic E-state index is 5.62. The van der Waals surface area contributed by atoms with Crippen molar-refractivity contribution in [1.29, 1.82) is 0 Å². The molecule has 0 unspecified atom stereocenters. The van der Waals surface area contributed by atoms with E-state index < -0.39 is 0 Å². The van der Waals surface area contributed by atoms with E-state index in [4.69, 9.17) is 4.74 Å². The van der Waals surface area contributed by atoms with Crippen molar-refractivity contribution < 1.29 is 4.74 Å². The fourth-order valence-electron chi connectivity index (χ4n) is 2.17. The first-order chi connectivity index (χ1) is 8.88. The summed E-state index contributed by atoms with van der Waals surface area (Å²) in [6, 6.07) is 0. The van der Waals surface area contributed by atoms with Gasteiger partial charge < -0.3 is 15.0 Å². The molecule has 0 saturated carbocycles. The highest BCUT2D eigenvalue weighted by Crippen LogP contribution is 2.05. The van der Waals surface area contributed by atoms with Gasteiger partial charge in [-0.05, 0) is 33.0 Å². The summed E-state index contributed by atoms with van der Waals surface area (Å²) >= 11 is 0. The Kier molecular flexibility index (Phi) is 5.57. The molecule has 0 radical (unpaired) electrons. The fraction of sp³-hybridized carbons (Fsp3) is 0.833. The van der Waals surface area contributed by atoms with Gasteiger partial charge in [-0.1, -0.05) is 5.21 Å². The van der Waals surface area contributed by atoms with Gasteiger partial charge in [0.25, 0.3) is 0 Å². The van der Waals surface area contributed by atoms with Crippen LogP contribution in [0.25, 0.3) is 0 Å². The Morgan fingerprint density at radius 3 is 2.83 bits per heavy atom. The maximum Gasteiger partial charge on any atom is 0.0964 e. The Balaban J connectivity index is 1.54. The van der Waals surface area contributed by atoms with Crippen LogP contribution in [-0.4, -0.2) is 59.8 Å². The second-order valence-corrected chi connectivity index (χ2v) is 4.66. The smallest absolute Gasteiger partial charge is 0.0964 e. The third-order valence-electron chi connectivity index (χ3n) is 3.16. The predicted molar refractivity (Wildman–Crippen MR) is 69.3 cm³/mol. The Labute approximate surface area is 108 Å². The lowest BCUT2D eigenvalue weighted by Gasteiger charge is -2.14. The van der Waals surface area contributed by atoms with Crippen LogP contribution in [0.15, 0.2) is 6.20 Å². The molecule has 18 heavy (non-hydrogen) atoms. The number of likely N-dealkylation sites (tertiary alicyclic amines) is 1. The number of hydrogen-bond acceptors (Lipinski definition) is 5. The topological polar surface area (TPSA) is 55.2 Å². The Morgan fingerprint density at radius 2 is 2.06 bits per heavy atom. The molecule has 1 aliphatic heterocycles. The van der Waals surface area contributed by atoms with E-state index in [9.17, 15) is 0 Å². The van der Waals surface area contributed by atoms with E-state index in [0.29, 0.717) is 6.61 Å². The van der Waals surface area contributed by atoms with Crippen molar-refractivity contribution in [2.75, 3.05) is 39.9 Å². The lowest BCUT2D eigenvalue weighted by atomic mass is 10.4. The highest BCUT2D eigenvalue weighted by molar-refractivity contribution is 4.90. The van der Waals surface area contributed by atoms with Gasteiger partial charge in [0, 0.05) is 19.3 Å². The first kappa shape index (κ1) is 13.5. The Morgan fingerprint density at radius 1 is 1.28 bits per heavy atom. The molecule has 0 aliphatic carbocycles. The van der Waals surface area contributed by atoms with Crippen LogP contribution in [0, 0.1) is 0 Å². The molecule has 102 valence electrons. The lowest BCUT2D eigenvalue weighted by molar-refractivity contribution is 0.102. The average Bonchev–Trinajstić information content (AvgIpc) is 3.01. The normalized spacial score (nSPS) is 16.5. The van der Waals surface area contributed by atoms with Crippen LogP contribution in [0.2, 0.25) is 0 Å². The zero-order valence-corrected chi connectivity index (χ0v) is 11.1. The predicted octanol–water partition coefficient (Wildman–Crippen LogP) is 0.110. The zero-order valence-electron chi connectivity index (χ0n) is 11.1. The molecular formula is C12H23N5O. The second kappa shape index (κ2) is 7.45. The van der Waals surface area contributed by atoms with E-state index in [2.05, 4.69) is 20.5 Å². The first-order valence-corrected chi connectivity index (χ1v) is 6.72. The van der Waals surface area contributed by atoms with Gasteiger partial charge in [-0.15, -0.1) is 5.10 Å². The van der Waals surface area contributed by atoms with Crippen LogP contribution < -0.4 is 5.32 Å². The quantitative estimate of drug-likeness (QED) is 0.666. The van der Waals surface area contributed by atoms with Gasteiger partial charge in [-0.3, -0.25) is 0 Å². The molecule has 0 bridgehead atoms. The molecule has 6 nitrogen and oxygen atoms in total. The molecule has 1 aromatic heterocycles. The van der Waals surface area contributed by atoms with E-state index in [1.54, 1.807) is 0 Å². The number of nitrogens with one attached hydrogen (secondary N) is 1. The van der Waals surface area contributed by atoms with Gasteiger partial charge in [-0.25, -0.2) is 4.68 Å². The first-order valence-electron chi connectivity index (χ1n) is 6.72. The fourth-order valence-corrected chi connectivity index (χ4v) is 2.17. The molecule has 0 spiro atoms. The summed E-state index contributed by atoms with van der Waals surface area (Å²) in [7, 11) is 1.90. The summed E-state index contributed by atoms with van der Waals surface area (Å²) in [6.07, 6.45) is 4.64. The largest absolute Gasteiger partial charge is 0.378 e. The minimum Gasteiger partial charge on any atom is -0.378 e. The molecule has 1 aromatic rings. The molecule has 1 N–H and O–H groups in total. The zero-order chi connectivity index (χ0) is 12.6. The van der Waals surface area contributed by atoms with Gasteiger partial charge in [0.2, 0.25) is 0 Å². The molecule has 6 heteroatoms. The van der Waals surface area contributed by atoms with Crippen molar-refractivity contribution in [3.05, 3.63) is 11.9 Å². The monoisotopic (exact) mass is 253 g/mol. The SMILES string of the molecule is CNCc1cn(CCOCCN2CCCC2)nn1. The van der Waals surface area contributed by atoms with Gasteiger partial charge >= 0.3 is 0 Å². The van der Waals surface area contributed by atoms with Crippen LogP contribution in [0.4, 0.5) is 0 Å². The second-order valence-electron chi connectivity index (χ2n) is 4.66. The standard InChI is InChI=1S/C12H23N5O/c1-13-10-12-11-17(15-14-12)7-9-18-8-6-16-4-2-3-5-16/h11,13H,2-10H2,1H3. The Bertz CT molecular complexity index is 335. The van der Waals surface area contributed by atoms with Crippen LogP contribution in [0.3, 0.4) is 0 Å². The summed E-state index contributed by atoms with van der Waals surface area (Å²) in [5.41, 5.74) is 0.967. The molecule has 2 rings (SSSR count). The van der Waals surface area contributed by atoms with Crippen LogP contribution in [0.5, 0.6) is 0 Å². The van der Waals surface area contributed by atoms with Crippen molar-refractivity contribution in [3.63, 3.8) is 0 Å². The van der Waals surface area contributed by atoms with Crippen LogP contribution >= 0.6 is 0 Å². The molecule has 1 fully saturated rings. The summed E-state index contributed by atoms with van der Waals surface area (Å²) < 4.78 is 7.46. The van der Waals surface area contributed by atoms with Gasteiger partial charge in [0.1, 0.15) is 0 Å². The maximum absolute atomic E-state index is 5.62. The van der Waals surface area contributed by atoms with Crippen molar-refractivity contribution in [1.82, 2.24) is 25.2 Å². The molecule has 1 saturated heterocycles. The van der Waals surface area contributed by atoms with Crippen LogP contribution in [-0.2, 0) is 17.8 Å². The van der Waals surface area contributed by atoms with E-state index in [-0.39, 0.29) is 0 Å². The number of aromatic nitrogens is 3. The summed E-state index contributed by atoms with van der Waals surface area (Å²) in [6.45, 7) is 6.59. The Hall–Kier alpha value is -0.980. The number of nitrogens with zero attached hydrogens (tertiary/aromatic N) is 4. The molecule has 0 atom stereocenters. The molecular weight excluding hydrogens is 230 g/mol. The van der Waals surface area contributed by atoms with Crippen molar-refractivity contribution in [3.8, 4) is 0 Å². The number of ether oxygens (including phenoxy) is 1. The van der Waals surface area contributed by atoms with E-state index in [0.717, 1.165) is 31.9 Å². The van der Waals surface area contributed by atoms with E-state index >= 15 is 0 Å². The number of rotatable bonds is 8. The average molecular weight is 253 g/mol. The molecule has 0 amide bonds. The molecule has 2 heterocycles. The van der Waals surface area contributed by atoms with Gasteiger partial charge in [-0.2, -0.15) is 0 Å². The highest BCUT2D eigenvalue weighted by Gasteiger charge is 2.10. The highest BCUT2D eigenvalue weighted by atomic mass is 16.5. The van der Waals surface area contributed by atoms with Crippen molar-refractivity contribution in [2.24, 2.45) is 0 Å². The third-order valence-corrected chi connectivity index (χ3v) is 3.16. The third kappa shape index (κ3) is 4.36. The molecule has 0 aromatic carbocycles. The van der Waals surface area contributed by atoms with E-state index in [1.807, 2.05) is 17.9 Å². The van der Waals surface area contributed by atoms with Crippen LogP contribution in [0.1, 0.15) is 18.5 Å². The number of hydrogen-bond donors (Lipinski definition) is 1. The van der Waals surface area contributed by atoms with Crippen molar-refractivity contribution >= 4 is 0 Å². The van der Waals surface area contributed by atoms with Crippen molar-refractivity contribution in [2.45, 2.75) is 25.9 Å². The molecule has 1 aliphatic rings. The van der Waals surface area contributed by atoms with Gasteiger partial charge in [0.15, 0.2) is 0 Å². The minimum atomic E-state index is 0.705. The lowest BCUT2D eigenvalue weighted by Crippen LogP contribution is -2.24. The van der Waals surface area contributed by atoms with Gasteiger partial charge in [0.05, 0.1) is 25.5 Å². The summed E-state index contributed by atoms with van der Waals surface area (Å²) in [5, 5.41) is 11.2. The van der Waals surface area contributed by atoms with E-state index in [1.165, 1.54) is 25.9 Å². The summed E-state index contributed by atoms with van der Waals surface area (Å²) in [4.78, 5) is 2.46. The minimum absolute atomic E-state index is 0.705. The summed E-state index contributed by atoms with van der Waals surface area (Å²) in [5.74, 6) is 0.